The fourth-order valence-electron chi connectivity index (χ4n) is 1.57. The average molecular weight is 217 g/mol. The minimum absolute atomic E-state index is 0. The minimum Gasteiger partial charge on any atom is -0.545 e. The van der Waals surface area contributed by atoms with Crippen LogP contribution in [0.4, 0.5) is 10.1 Å². The Kier molecular flexibility index (Phi) is 3.97. The number of rotatable bonds is 2. The first-order valence-electron chi connectivity index (χ1n) is 4.52. The van der Waals surface area contributed by atoms with Crippen LogP contribution in [-0.2, 0) is 0 Å². The Labute approximate surface area is 104 Å². The van der Waals surface area contributed by atoms with Crippen LogP contribution in [0.1, 0.15) is 10.4 Å². The predicted molar refractivity (Wildman–Crippen MR) is 49.0 cm³/mol. The zero-order chi connectivity index (χ0) is 11.0. The van der Waals surface area contributed by atoms with Crippen LogP contribution in [0.3, 0.4) is 0 Å². The van der Waals surface area contributed by atoms with E-state index in [1.807, 2.05) is 0 Å². The molecule has 6 heteroatoms. The normalized spacial score (nSPS) is 15.2. The van der Waals surface area contributed by atoms with E-state index in [0.717, 1.165) is 6.07 Å². The quantitative estimate of drug-likeness (QED) is 0.519. The van der Waals surface area contributed by atoms with E-state index < -0.39 is 23.5 Å². The summed E-state index contributed by atoms with van der Waals surface area (Å²) in [4.78, 5) is 12.1. The molecule has 1 aliphatic heterocycles. The molecule has 1 fully saturated rings. The molecule has 0 radical (unpaired) electrons. The third kappa shape index (κ3) is 2.22. The number of aromatic carboxylic acids is 1. The summed E-state index contributed by atoms with van der Waals surface area (Å²) < 4.78 is 13.6. The molecule has 0 bridgehead atoms. The Bertz CT molecular complexity index is 407. The van der Waals surface area contributed by atoms with Crippen molar-refractivity contribution < 1.29 is 38.3 Å². The second kappa shape index (κ2) is 4.87. The molecule has 1 saturated heterocycles. The molecule has 0 aromatic heterocycles. The van der Waals surface area contributed by atoms with Gasteiger partial charge in [-0.05, 0) is 6.07 Å². The second-order valence-electron chi connectivity index (χ2n) is 3.48. The maximum Gasteiger partial charge on any atom is 1.00 e. The zero-order valence-electron chi connectivity index (χ0n) is 8.81. The third-order valence-corrected chi connectivity index (χ3v) is 2.40. The first-order chi connectivity index (χ1) is 7.09. The number of carbonyl (C=O) groups excluding carboxylic acids is 1. The van der Waals surface area contributed by atoms with Crippen LogP contribution in [0.5, 0.6) is 0 Å². The van der Waals surface area contributed by atoms with Gasteiger partial charge in [-0.25, -0.2) is 4.39 Å². The SMILES string of the molecule is O=C([O-])c1cccc(N2CC(O)C2)c1F.[Li+]. The van der Waals surface area contributed by atoms with Crippen LogP contribution < -0.4 is 28.9 Å². The Morgan fingerprint density at radius 1 is 1.50 bits per heavy atom. The molecule has 0 saturated carbocycles. The Morgan fingerprint density at radius 3 is 2.62 bits per heavy atom. The third-order valence-electron chi connectivity index (χ3n) is 2.40. The second-order valence-corrected chi connectivity index (χ2v) is 3.48. The van der Waals surface area contributed by atoms with Crippen molar-refractivity contribution in [2.75, 3.05) is 18.0 Å². The van der Waals surface area contributed by atoms with Crippen molar-refractivity contribution in [3.05, 3.63) is 29.6 Å². The van der Waals surface area contributed by atoms with Crippen molar-refractivity contribution in [2.45, 2.75) is 6.10 Å². The summed E-state index contributed by atoms with van der Waals surface area (Å²) in [5, 5.41) is 19.6. The molecule has 1 N–H and O–H groups in total. The molecular formula is C10H9FLiNO3. The number of carboxylic acid groups (broad SMARTS) is 1. The molecule has 16 heavy (non-hydrogen) atoms. The molecule has 0 aliphatic carbocycles. The molecule has 1 aromatic rings. The van der Waals surface area contributed by atoms with Crippen molar-refractivity contribution in [2.24, 2.45) is 0 Å². The Balaban J connectivity index is 0.00000128. The average Bonchev–Trinajstić information content (AvgIpc) is 2.13. The van der Waals surface area contributed by atoms with Crippen molar-refractivity contribution in [1.82, 2.24) is 0 Å². The number of hydrogen-bond acceptors (Lipinski definition) is 4. The van der Waals surface area contributed by atoms with E-state index in [1.165, 1.54) is 12.1 Å². The number of halogens is 1. The van der Waals surface area contributed by atoms with Gasteiger partial charge in [-0.2, -0.15) is 0 Å². The molecule has 0 amide bonds. The van der Waals surface area contributed by atoms with Gasteiger partial charge < -0.3 is 19.9 Å². The number of carbonyl (C=O) groups is 1. The van der Waals surface area contributed by atoms with Gasteiger partial charge in [-0.3, -0.25) is 0 Å². The Morgan fingerprint density at radius 2 is 2.12 bits per heavy atom. The topological polar surface area (TPSA) is 63.6 Å². The molecule has 1 aromatic carbocycles. The van der Waals surface area contributed by atoms with E-state index in [2.05, 4.69) is 0 Å². The monoisotopic (exact) mass is 217 g/mol. The molecular weight excluding hydrogens is 208 g/mol. The minimum atomic E-state index is -1.53. The number of aliphatic hydroxyl groups excluding tert-OH is 1. The molecule has 0 unspecified atom stereocenters. The summed E-state index contributed by atoms with van der Waals surface area (Å²) in [5.41, 5.74) is -0.254. The van der Waals surface area contributed by atoms with Gasteiger partial charge in [0.05, 0.1) is 17.8 Å². The summed E-state index contributed by atoms with van der Waals surface area (Å²) >= 11 is 0. The van der Waals surface area contributed by atoms with Crippen molar-refractivity contribution in [1.29, 1.82) is 0 Å². The number of carboxylic acids is 1. The summed E-state index contributed by atoms with van der Waals surface area (Å²) in [6.07, 6.45) is -0.462. The molecule has 0 spiro atoms. The molecule has 80 valence electrons. The standard InChI is InChI=1S/C10H10FNO3.Li/c11-9-7(10(14)15)2-1-3-8(9)12-4-6(13)5-12;/h1-3,6,13H,4-5H2,(H,14,15);/q;+1/p-1. The number of anilines is 1. The number of nitrogens with zero attached hydrogens (tertiary/aromatic N) is 1. The van der Waals surface area contributed by atoms with Gasteiger partial charge in [0.15, 0.2) is 5.82 Å². The number of benzene rings is 1. The van der Waals surface area contributed by atoms with E-state index >= 15 is 0 Å². The van der Waals surface area contributed by atoms with E-state index in [1.54, 1.807) is 4.90 Å². The van der Waals surface area contributed by atoms with E-state index in [-0.39, 0.29) is 24.5 Å². The maximum absolute atomic E-state index is 13.6. The molecule has 1 aliphatic rings. The van der Waals surface area contributed by atoms with Crippen LogP contribution in [-0.4, -0.2) is 30.3 Å². The van der Waals surface area contributed by atoms with E-state index in [9.17, 15) is 14.3 Å². The van der Waals surface area contributed by atoms with Gasteiger partial charge >= 0.3 is 18.9 Å². The summed E-state index contributed by atoms with van der Waals surface area (Å²) in [5.74, 6) is -2.33. The maximum atomic E-state index is 13.6. The molecule has 4 nitrogen and oxygen atoms in total. The summed E-state index contributed by atoms with van der Waals surface area (Å²) in [7, 11) is 0. The van der Waals surface area contributed by atoms with Crippen LogP contribution in [0, 0.1) is 5.82 Å². The molecule has 0 atom stereocenters. The number of hydrogen-bond donors (Lipinski definition) is 1. The molecule has 2 rings (SSSR count). The molecule has 1 heterocycles. The van der Waals surface area contributed by atoms with Gasteiger partial charge in [0.1, 0.15) is 0 Å². The van der Waals surface area contributed by atoms with Crippen LogP contribution in [0.25, 0.3) is 0 Å². The summed E-state index contributed by atoms with van der Waals surface area (Å²) in [6.45, 7) is 0.654. The predicted octanol–water partition coefficient (Wildman–Crippen LogP) is -3.63. The van der Waals surface area contributed by atoms with E-state index in [0.29, 0.717) is 13.1 Å². The van der Waals surface area contributed by atoms with Gasteiger partial charge in [0, 0.05) is 18.7 Å². The smallest absolute Gasteiger partial charge is 0.545 e. The largest absolute Gasteiger partial charge is 1.00 e. The van der Waals surface area contributed by atoms with Crippen molar-refractivity contribution in [3.63, 3.8) is 0 Å². The van der Waals surface area contributed by atoms with E-state index in [4.69, 9.17) is 5.11 Å². The fraction of sp³-hybridized carbons (Fsp3) is 0.300. The van der Waals surface area contributed by atoms with Gasteiger partial charge in [0.2, 0.25) is 0 Å². The van der Waals surface area contributed by atoms with Crippen molar-refractivity contribution >= 4 is 11.7 Å². The summed E-state index contributed by atoms with van der Waals surface area (Å²) in [6, 6.07) is 4.09. The first-order valence-corrected chi connectivity index (χ1v) is 4.52. The van der Waals surface area contributed by atoms with Crippen LogP contribution in [0.2, 0.25) is 0 Å². The fourth-order valence-corrected chi connectivity index (χ4v) is 1.57. The first kappa shape index (κ1) is 13.0. The van der Waals surface area contributed by atoms with Crippen molar-refractivity contribution in [3.8, 4) is 0 Å². The zero-order valence-corrected chi connectivity index (χ0v) is 8.81. The van der Waals surface area contributed by atoms with Crippen LogP contribution in [0.15, 0.2) is 18.2 Å². The number of aliphatic hydroxyl groups is 1. The van der Waals surface area contributed by atoms with Crippen LogP contribution >= 0.6 is 0 Å². The van der Waals surface area contributed by atoms with Gasteiger partial charge in [-0.15, -0.1) is 0 Å². The van der Waals surface area contributed by atoms with Gasteiger partial charge in [-0.1, -0.05) is 12.1 Å². The Hall–Kier alpha value is -1.02. The van der Waals surface area contributed by atoms with Gasteiger partial charge in [0.25, 0.3) is 0 Å². The number of β-amino-alcohol motifs (C(OH)–C–C–N with tert-alkyl or cyclic N) is 1.